The van der Waals surface area contributed by atoms with E-state index in [4.69, 9.17) is 9.97 Å². The van der Waals surface area contributed by atoms with E-state index >= 15 is 0 Å². The molecule has 4 nitrogen and oxygen atoms in total. The van der Waals surface area contributed by atoms with Crippen molar-refractivity contribution in [3.05, 3.63) is 279 Å². The highest BCUT2D eigenvalue weighted by Gasteiger charge is 2.26. The summed E-state index contributed by atoms with van der Waals surface area (Å²) < 4.78 is 9.91. The van der Waals surface area contributed by atoms with E-state index in [0.717, 1.165) is 79.2 Å². The van der Waals surface area contributed by atoms with Crippen molar-refractivity contribution >= 4 is 63.0 Å². The van der Waals surface area contributed by atoms with Gasteiger partial charge in [0.15, 0.2) is 0 Å². The van der Waals surface area contributed by atoms with E-state index in [0.29, 0.717) is 0 Å². The number of imidazole rings is 2. The van der Waals surface area contributed by atoms with E-state index in [-0.39, 0.29) is 0 Å². The number of fused-ring (bicyclic) bond motifs is 6. The van der Waals surface area contributed by atoms with E-state index in [9.17, 15) is 0 Å². The van der Waals surface area contributed by atoms with Crippen LogP contribution in [0, 0.1) is 0 Å². The van der Waals surface area contributed by atoms with Gasteiger partial charge in [-0.25, -0.2) is 9.97 Å². The summed E-state index contributed by atoms with van der Waals surface area (Å²) in [6.45, 7) is 0. The number of rotatable bonds is 10. The van der Waals surface area contributed by atoms with Crippen LogP contribution < -0.4 is 0 Å². The average Bonchev–Trinajstić information content (AvgIpc) is 4.52. The third-order valence-electron chi connectivity index (χ3n) is 15.0. The highest BCUT2D eigenvalue weighted by atomic mass is 32.1. The van der Waals surface area contributed by atoms with Crippen LogP contribution in [0.15, 0.2) is 279 Å². The third-order valence-corrected chi connectivity index (χ3v) is 17.4. The number of hydrogen-bond acceptors (Lipinski definition) is 4. The monoisotopic (exact) mass is 1030 g/mol. The zero-order valence-electron chi connectivity index (χ0n) is 42.2. The van der Waals surface area contributed by atoms with Gasteiger partial charge in [-0.2, -0.15) is 0 Å². The summed E-state index contributed by atoms with van der Waals surface area (Å²) in [5.41, 5.74) is 16.9. The van der Waals surface area contributed by atoms with Gasteiger partial charge in [0, 0.05) is 85.1 Å². The lowest BCUT2D eigenvalue weighted by Gasteiger charge is -2.16. The van der Waals surface area contributed by atoms with E-state index < -0.39 is 0 Å². The van der Waals surface area contributed by atoms with E-state index in [1.807, 2.05) is 22.7 Å². The second-order valence-electron chi connectivity index (χ2n) is 19.6. The average molecular weight is 1030 g/mol. The van der Waals surface area contributed by atoms with Crippen molar-refractivity contribution in [3.8, 4) is 101 Å². The van der Waals surface area contributed by atoms with Crippen molar-refractivity contribution < 1.29 is 0 Å². The molecule has 0 radical (unpaired) electrons. The molecule has 4 aromatic heterocycles. The first-order chi connectivity index (χ1) is 38.7. The van der Waals surface area contributed by atoms with Crippen molar-refractivity contribution in [2.24, 2.45) is 0 Å². The smallest absolute Gasteiger partial charge is 0.145 e. The molecular formula is C72H46N4S2. The maximum Gasteiger partial charge on any atom is 0.145 e. The van der Waals surface area contributed by atoms with Gasteiger partial charge in [-0.15, -0.1) is 22.7 Å². The van der Waals surface area contributed by atoms with Crippen molar-refractivity contribution in [2.45, 2.75) is 0 Å². The predicted molar refractivity (Wildman–Crippen MR) is 330 cm³/mol. The molecule has 0 aliphatic rings. The van der Waals surface area contributed by atoms with Crippen LogP contribution in [0.1, 0.15) is 0 Å². The Labute approximate surface area is 459 Å². The summed E-state index contributed by atoms with van der Waals surface area (Å²) in [4.78, 5) is 11.4. The fourth-order valence-corrected chi connectivity index (χ4v) is 13.9. The summed E-state index contributed by atoms with van der Waals surface area (Å²) >= 11 is 3.72. The van der Waals surface area contributed by atoms with Crippen LogP contribution in [-0.2, 0) is 0 Å². The van der Waals surface area contributed by atoms with Gasteiger partial charge in [-0.3, -0.25) is 9.13 Å². The predicted octanol–water partition coefficient (Wildman–Crippen LogP) is 20.1. The zero-order chi connectivity index (χ0) is 51.5. The molecule has 0 amide bonds. The molecule has 0 saturated carbocycles. The highest BCUT2D eigenvalue weighted by Crippen LogP contribution is 2.45. The van der Waals surface area contributed by atoms with Gasteiger partial charge < -0.3 is 0 Å². The van der Waals surface area contributed by atoms with Crippen LogP contribution in [0.2, 0.25) is 0 Å². The van der Waals surface area contributed by atoms with Gasteiger partial charge in [0.25, 0.3) is 0 Å². The number of hydrogen-bond donors (Lipinski definition) is 0. The van der Waals surface area contributed by atoms with Gasteiger partial charge >= 0.3 is 0 Å². The van der Waals surface area contributed by atoms with Gasteiger partial charge in [0.05, 0.1) is 22.8 Å². The maximum absolute atomic E-state index is 5.69. The van der Waals surface area contributed by atoms with Gasteiger partial charge in [0.2, 0.25) is 0 Å². The largest absolute Gasteiger partial charge is 0.292 e. The quantitative estimate of drug-likeness (QED) is 0.137. The Morgan fingerprint density at radius 3 is 1.00 bits per heavy atom. The van der Waals surface area contributed by atoms with E-state index in [1.54, 1.807) is 0 Å². The van der Waals surface area contributed by atoms with Crippen molar-refractivity contribution in [3.63, 3.8) is 0 Å². The van der Waals surface area contributed by atoms with Crippen molar-refractivity contribution in [2.75, 3.05) is 0 Å². The normalized spacial score (nSPS) is 11.6. The Morgan fingerprint density at radius 2 is 0.590 bits per heavy atom. The Hall–Kier alpha value is -9.72. The SMILES string of the molecule is c1ccc(-c2nc(-c3cccc(-c4nc(-c5ccccc5)c(-c5ccccc5)n4-c4ccc(-c5cccc6c5sc5ccccc56)cc4)c3)n(-c3ccc(-c4cccc5c4sc4ccccc45)cc3)c2-c2ccccc2)cc1. The molecule has 15 rings (SSSR count). The molecule has 6 heteroatoms. The molecule has 0 fully saturated rings. The van der Waals surface area contributed by atoms with Gasteiger partial charge in [-0.1, -0.05) is 237 Å². The number of benzene rings is 11. The van der Waals surface area contributed by atoms with Crippen LogP contribution in [0.4, 0.5) is 0 Å². The molecule has 0 spiro atoms. The molecule has 0 unspecified atom stereocenters. The minimum absolute atomic E-state index is 0.832. The second-order valence-corrected chi connectivity index (χ2v) is 21.7. The van der Waals surface area contributed by atoms with Crippen LogP contribution in [-0.4, -0.2) is 19.1 Å². The second kappa shape index (κ2) is 19.1. The first kappa shape index (κ1) is 45.7. The van der Waals surface area contributed by atoms with Gasteiger partial charge in [-0.05, 0) is 64.7 Å². The summed E-state index contributed by atoms with van der Waals surface area (Å²) in [5, 5.41) is 5.18. The Balaban J connectivity index is 0.926. The number of nitrogens with zero attached hydrogens (tertiary/aromatic N) is 4. The Bertz CT molecular complexity index is 4390. The van der Waals surface area contributed by atoms with Crippen molar-refractivity contribution in [1.82, 2.24) is 19.1 Å². The fraction of sp³-hybridized carbons (Fsp3) is 0. The Morgan fingerprint density at radius 1 is 0.256 bits per heavy atom. The molecule has 4 heterocycles. The molecule has 366 valence electrons. The molecule has 0 aliphatic heterocycles. The minimum atomic E-state index is 0.832. The first-order valence-corrected chi connectivity index (χ1v) is 27.9. The number of aromatic nitrogens is 4. The van der Waals surface area contributed by atoms with Crippen LogP contribution >= 0.6 is 22.7 Å². The van der Waals surface area contributed by atoms with Crippen molar-refractivity contribution in [1.29, 1.82) is 0 Å². The molecule has 0 bridgehead atoms. The highest BCUT2D eigenvalue weighted by molar-refractivity contribution is 7.26. The topological polar surface area (TPSA) is 35.6 Å². The summed E-state index contributed by atoms with van der Waals surface area (Å²) in [7, 11) is 0. The summed E-state index contributed by atoms with van der Waals surface area (Å²) in [5.74, 6) is 1.66. The molecular weight excluding hydrogens is 985 g/mol. The Kier molecular flexibility index (Phi) is 11.2. The maximum atomic E-state index is 5.69. The van der Waals surface area contributed by atoms with Crippen LogP contribution in [0.5, 0.6) is 0 Å². The molecule has 78 heavy (non-hydrogen) atoms. The lowest BCUT2D eigenvalue weighted by atomic mass is 10.0. The molecule has 0 saturated heterocycles. The fourth-order valence-electron chi connectivity index (χ4n) is 11.4. The molecule has 0 N–H and O–H groups in total. The molecule has 11 aromatic carbocycles. The summed E-state index contributed by atoms with van der Waals surface area (Å²) in [6, 6.07) is 100. The molecule has 0 aliphatic carbocycles. The lowest BCUT2D eigenvalue weighted by Crippen LogP contribution is -2.02. The third kappa shape index (κ3) is 7.80. The van der Waals surface area contributed by atoms with Crippen LogP contribution in [0.25, 0.3) is 142 Å². The molecule has 15 aromatic rings. The standard InChI is InChI=1S/C72H46N4S2/c1-5-20-49(21-6-1)65-67(51-24-9-3-10-25-51)75(55-42-38-47(39-43-55)57-32-18-34-61-59-30-13-15-36-63(59)77-69(57)61)71(73-65)53-28-17-29-54(46-53)72-74-66(50-22-7-2-8-23-50)68(52-26-11-4-12-27-52)76(72)56-44-40-48(41-45-56)58-33-19-35-62-60-31-14-16-37-64(60)78-70(58)62/h1-46H. The van der Waals surface area contributed by atoms with Gasteiger partial charge in [0.1, 0.15) is 11.6 Å². The lowest BCUT2D eigenvalue weighted by molar-refractivity contribution is 1.07. The summed E-state index contributed by atoms with van der Waals surface area (Å²) in [6.07, 6.45) is 0. The van der Waals surface area contributed by atoms with E-state index in [1.165, 1.54) is 62.6 Å². The minimum Gasteiger partial charge on any atom is -0.292 e. The number of thiophene rings is 2. The first-order valence-electron chi connectivity index (χ1n) is 26.3. The van der Waals surface area contributed by atoms with E-state index in [2.05, 4.69) is 288 Å². The zero-order valence-corrected chi connectivity index (χ0v) is 43.8. The van der Waals surface area contributed by atoms with Crippen LogP contribution in [0.3, 0.4) is 0 Å². The molecule has 0 atom stereocenters.